The first-order valence-electron chi connectivity index (χ1n) is 2.70. The molecule has 0 aliphatic carbocycles. The topological polar surface area (TPSA) is 3.24 Å². The van der Waals surface area contributed by atoms with E-state index in [2.05, 4.69) is 26.5 Å². The number of rotatable bonds is 2. The molecule has 4 heteroatoms. The van der Waals surface area contributed by atoms with Gasteiger partial charge in [-0.25, -0.2) is 0 Å². The molecule has 0 spiro atoms. The second-order valence-electron chi connectivity index (χ2n) is 1.45. The summed E-state index contributed by atoms with van der Waals surface area (Å²) in [5, 5.41) is 0. The van der Waals surface area contributed by atoms with E-state index >= 15 is 0 Å². The largest absolute Gasteiger partial charge is 0.358 e. The van der Waals surface area contributed by atoms with Crippen LogP contribution in [0.3, 0.4) is 0 Å². The molecule has 0 aromatic heterocycles. The van der Waals surface area contributed by atoms with Gasteiger partial charge in [0, 0.05) is 48.7 Å². The number of thiocarbonyl (C=S) groups is 1. The molecular weight excluding hydrogens is 277 g/mol. The second kappa shape index (κ2) is 7.54. The van der Waals surface area contributed by atoms with Crippen LogP contribution in [0.15, 0.2) is 0 Å². The van der Waals surface area contributed by atoms with Crippen LogP contribution in [0.5, 0.6) is 0 Å². The molecule has 0 heterocycles. The van der Waals surface area contributed by atoms with Gasteiger partial charge in [-0.3, -0.25) is 0 Å². The van der Waals surface area contributed by atoms with Gasteiger partial charge in [0.05, 0.1) is 0 Å². The molecule has 0 amide bonds. The number of hydrogen-bond donors (Lipinski definition) is 1. The zero-order valence-corrected chi connectivity index (χ0v) is 11.1. The minimum Gasteiger partial charge on any atom is -0.358 e. The Morgan fingerprint density at radius 3 is 1.78 bits per heavy atom. The first-order valence-corrected chi connectivity index (χ1v) is 3.55. The molecule has 0 bridgehead atoms. The molecular formula is C5H11LaNS2. The Hall–Kier alpha value is 1.43. The van der Waals surface area contributed by atoms with E-state index < -0.39 is 0 Å². The van der Waals surface area contributed by atoms with Gasteiger partial charge >= 0.3 is 0 Å². The Morgan fingerprint density at radius 2 is 1.78 bits per heavy atom. The van der Waals surface area contributed by atoms with Crippen LogP contribution in [0, 0.1) is 35.6 Å². The molecule has 0 aromatic carbocycles. The zero-order valence-electron chi connectivity index (χ0n) is 5.79. The van der Waals surface area contributed by atoms with Crippen LogP contribution in [0.4, 0.5) is 0 Å². The molecule has 0 atom stereocenters. The Kier molecular flexibility index (Phi) is 10.9. The fourth-order valence-corrected chi connectivity index (χ4v) is 1.04. The first kappa shape index (κ1) is 13.1. The van der Waals surface area contributed by atoms with Gasteiger partial charge < -0.3 is 4.90 Å². The van der Waals surface area contributed by atoms with Gasteiger partial charge in [0.2, 0.25) is 0 Å². The molecule has 0 saturated heterocycles. The zero-order chi connectivity index (χ0) is 6.57. The maximum Gasteiger partial charge on any atom is 0.133 e. The van der Waals surface area contributed by atoms with Gasteiger partial charge in [0.1, 0.15) is 4.32 Å². The first-order chi connectivity index (χ1) is 3.72. The van der Waals surface area contributed by atoms with Crippen LogP contribution >= 0.6 is 24.8 Å². The Balaban J connectivity index is 0. The van der Waals surface area contributed by atoms with E-state index in [1.165, 1.54) is 0 Å². The fraction of sp³-hybridized carbons (Fsp3) is 0.800. The molecule has 0 unspecified atom stereocenters. The maximum atomic E-state index is 4.81. The van der Waals surface area contributed by atoms with Crippen molar-refractivity contribution in [2.45, 2.75) is 13.8 Å². The SMILES string of the molecule is CCN(CC)C(=S)S.[La]. The van der Waals surface area contributed by atoms with Crippen molar-refractivity contribution in [2.75, 3.05) is 13.1 Å². The molecule has 0 aliphatic heterocycles. The molecule has 0 saturated carbocycles. The summed E-state index contributed by atoms with van der Waals surface area (Å²) in [6.45, 7) is 6.04. The van der Waals surface area contributed by atoms with Crippen LogP contribution < -0.4 is 0 Å². The molecule has 0 aromatic rings. The predicted octanol–water partition coefficient (Wildman–Crippen LogP) is 1.54. The number of nitrogens with zero attached hydrogens (tertiary/aromatic N) is 1. The van der Waals surface area contributed by atoms with E-state index in [0.29, 0.717) is 4.32 Å². The third-order valence-corrected chi connectivity index (χ3v) is 1.58. The Labute approximate surface area is 95.6 Å². The molecule has 1 nitrogen and oxygen atoms in total. The van der Waals surface area contributed by atoms with Crippen LogP contribution in [-0.4, -0.2) is 22.3 Å². The molecule has 0 fully saturated rings. The van der Waals surface area contributed by atoms with Crippen LogP contribution in [0.2, 0.25) is 0 Å². The van der Waals surface area contributed by atoms with E-state index in [1.54, 1.807) is 0 Å². The smallest absolute Gasteiger partial charge is 0.133 e. The van der Waals surface area contributed by atoms with Crippen molar-refractivity contribution in [1.82, 2.24) is 4.90 Å². The van der Waals surface area contributed by atoms with Crippen LogP contribution in [0.25, 0.3) is 0 Å². The van der Waals surface area contributed by atoms with Crippen molar-refractivity contribution in [2.24, 2.45) is 0 Å². The number of hydrogen-bond acceptors (Lipinski definition) is 1. The van der Waals surface area contributed by atoms with Gasteiger partial charge in [-0.2, -0.15) is 0 Å². The van der Waals surface area contributed by atoms with Gasteiger partial charge in [-0.15, -0.1) is 12.6 Å². The summed E-state index contributed by atoms with van der Waals surface area (Å²) in [5.74, 6) is 0. The van der Waals surface area contributed by atoms with E-state index in [9.17, 15) is 0 Å². The summed E-state index contributed by atoms with van der Waals surface area (Å²) in [6, 6.07) is 0. The normalized spacial score (nSPS) is 7.89. The van der Waals surface area contributed by atoms with Gasteiger partial charge in [-0.1, -0.05) is 12.2 Å². The van der Waals surface area contributed by atoms with Crippen molar-refractivity contribution in [1.29, 1.82) is 0 Å². The third kappa shape index (κ3) is 5.86. The third-order valence-electron chi connectivity index (χ3n) is 1.03. The molecule has 1 radical (unpaired) electrons. The van der Waals surface area contributed by atoms with E-state index in [-0.39, 0.29) is 35.6 Å². The summed E-state index contributed by atoms with van der Waals surface area (Å²) >= 11 is 8.82. The van der Waals surface area contributed by atoms with Gasteiger partial charge in [-0.05, 0) is 13.8 Å². The van der Waals surface area contributed by atoms with Crippen molar-refractivity contribution in [3.63, 3.8) is 0 Å². The minimum absolute atomic E-state index is 0. The van der Waals surface area contributed by atoms with Gasteiger partial charge in [0.15, 0.2) is 0 Å². The van der Waals surface area contributed by atoms with Crippen LogP contribution in [0.1, 0.15) is 13.8 Å². The maximum absolute atomic E-state index is 4.81. The minimum atomic E-state index is 0. The summed E-state index contributed by atoms with van der Waals surface area (Å²) in [4.78, 5) is 2.01. The summed E-state index contributed by atoms with van der Waals surface area (Å²) in [5.41, 5.74) is 0. The number of thiol groups is 1. The monoisotopic (exact) mass is 288 g/mol. The van der Waals surface area contributed by atoms with Crippen molar-refractivity contribution < 1.29 is 35.6 Å². The molecule has 0 N–H and O–H groups in total. The Morgan fingerprint density at radius 1 is 1.44 bits per heavy atom. The van der Waals surface area contributed by atoms with Crippen molar-refractivity contribution in [3.8, 4) is 0 Å². The van der Waals surface area contributed by atoms with E-state index in [4.69, 9.17) is 12.2 Å². The van der Waals surface area contributed by atoms with Crippen molar-refractivity contribution in [3.05, 3.63) is 0 Å². The molecule has 9 heavy (non-hydrogen) atoms. The van der Waals surface area contributed by atoms with E-state index in [0.717, 1.165) is 13.1 Å². The average molecular weight is 288 g/mol. The predicted molar refractivity (Wildman–Crippen MR) is 44.5 cm³/mol. The second-order valence-corrected chi connectivity index (χ2v) is 2.57. The summed E-state index contributed by atoms with van der Waals surface area (Å²) in [6.07, 6.45) is 0. The van der Waals surface area contributed by atoms with Gasteiger partial charge in [0.25, 0.3) is 0 Å². The summed E-state index contributed by atoms with van der Waals surface area (Å²) in [7, 11) is 0. The average Bonchev–Trinajstić information content (AvgIpc) is 1.69. The molecule has 0 rings (SSSR count). The fourth-order valence-electron chi connectivity index (χ4n) is 0.494. The van der Waals surface area contributed by atoms with Crippen LogP contribution in [-0.2, 0) is 0 Å². The molecule has 0 aliphatic rings. The Bertz CT molecular complexity index is 83.0. The quantitative estimate of drug-likeness (QED) is 0.606. The summed E-state index contributed by atoms with van der Waals surface area (Å²) < 4.78 is 0.690. The van der Waals surface area contributed by atoms with Crippen molar-refractivity contribution >= 4 is 29.2 Å². The molecule has 51 valence electrons. The van der Waals surface area contributed by atoms with E-state index in [1.807, 2.05) is 4.90 Å². The standard InChI is InChI=1S/C5H11NS2.La/c1-3-6(4-2)5(7)8;/h3-4H2,1-2H3,(H,7,8);.